The minimum atomic E-state index is -0.352. The average molecular weight is 245 g/mol. The van der Waals surface area contributed by atoms with Crippen LogP contribution in [0.3, 0.4) is 0 Å². The summed E-state index contributed by atoms with van der Waals surface area (Å²) >= 11 is 0. The fraction of sp³-hybridized carbons (Fsp3) is 0.273. The van der Waals surface area contributed by atoms with Crippen molar-refractivity contribution in [1.29, 1.82) is 0 Å². The first-order valence-electron chi connectivity index (χ1n) is 4.27. The second-order valence-electron chi connectivity index (χ2n) is 3.15. The molecule has 0 aromatic carbocycles. The molecule has 0 spiro atoms. The predicted molar refractivity (Wildman–Crippen MR) is 56.9 cm³/mol. The number of hydrogen-bond donors (Lipinski definition) is 1. The summed E-state index contributed by atoms with van der Waals surface area (Å²) in [6.07, 6.45) is 13.6. The minimum absolute atomic E-state index is 0. The monoisotopic (exact) mass is 244 g/mol. The molecule has 0 heterocycles. The van der Waals surface area contributed by atoms with E-state index in [-0.39, 0.29) is 40.2 Å². The fourth-order valence-electron chi connectivity index (χ4n) is 1.57. The third-order valence-corrected chi connectivity index (χ3v) is 2.30. The Labute approximate surface area is 106 Å². The van der Waals surface area contributed by atoms with Crippen molar-refractivity contribution >= 4 is 12.4 Å². The zero-order valence-electron chi connectivity index (χ0n) is 7.81. The van der Waals surface area contributed by atoms with Gasteiger partial charge in [-0.05, 0) is 24.0 Å². The Balaban J connectivity index is 0.000000845. The molecule has 0 saturated carbocycles. The summed E-state index contributed by atoms with van der Waals surface area (Å²) in [5.41, 5.74) is 2.23. The Morgan fingerprint density at radius 1 is 1.00 bits per heavy atom. The van der Waals surface area contributed by atoms with E-state index in [9.17, 15) is 5.11 Å². The van der Waals surface area contributed by atoms with E-state index in [1.165, 1.54) is 0 Å². The van der Waals surface area contributed by atoms with Crippen molar-refractivity contribution in [2.24, 2.45) is 0 Å². The standard InChI is InChI=1S/C11H12O.ClH.Ti/c12-11(9-5-1-2-6-9)10-7-3-4-8-10;;/h1-5,7,11-12H,6,8H2;1H;. The SMILES string of the molecule is Cl.OC(C1=CC=CC1)C1=CC=CC1.[Ti]. The first-order valence-corrected chi connectivity index (χ1v) is 4.27. The van der Waals surface area contributed by atoms with E-state index in [1.807, 2.05) is 24.3 Å². The third-order valence-electron chi connectivity index (χ3n) is 2.30. The summed E-state index contributed by atoms with van der Waals surface area (Å²) in [6.45, 7) is 0. The van der Waals surface area contributed by atoms with Crippen LogP contribution < -0.4 is 0 Å². The Morgan fingerprint density at radius 2 is 1.43 bits per heavy atom. The molecule has 1 N–H and O–H groups in total. The van der Waals surface area contributed by atoms with E-state index in [0.29, 0.717) is 0 Å². The van der Waals surface area contributed by atoms with Gasteiger partial charge in [-0.1, -0.05) is 36.5 Å². The maximum absolute atomic E-state index is 9.83. The van der Waals surface area contributed by atoms with Crippen molar-refractivity contribution < 1.29 is 26.8 Å². The van der Waals surface area contributed by atoms with Crippen LogP contribution in [0.25, 0.3) is 0 Å². The summed E-state index contributed by atoms with van der Waals surface area (Å²) in [5, 5.41) is 9.83. The van der Waals surface area contributed by atoms with Crippen LogP contribution in [0.15, 0.2) is 47.6 Å². The molecule has 0 aromatic heterocycles. The van der Waals surface area contributed by atoms with Crippen molar-refractivity contribution in [1.82, 2.24) is 0 Å². The Morgan fingerprint density at radius 3 is 1.71 bits per heavy atom. The van der Waals surface area contributed by atoms with Crippen molar-refractivity contribution in [3.63, 3.8) is 0 Å². The fourth-order valence-corrected chi connectivity index (χ4v) is 1.57. The van der Waals surface area contributed by atoms with Gasteiger partial charge in [0.1, 0.15) is 0 Å². The van der Waals surface area contributed by atoms with Crippen LogP contribution >= 0.6 is 12.4 Å². The van der Waals surface area contributed by atoms with Crippen molar-refractivity contribution in [2.45, 2.75) is 18.9 Å². The molecule has 0 aliphatic heterocycles. The minimum Gasteiger partial charge on any atom is -0.384 e. The van der Waals surface area contributed by atoms with E-state index in [1.54, 1.807) is 0 Å². The zero-order chi connectivity index (χ0) is 8.39. The second-order valence-corrected chi connectivity index (χ2v) is 3.15. The van der Waals surface area contributed by atoms with Gasteiger partial charge in [-0.3, -0.25) is 0 Å². The molecular formula is C11H13ClOTi. The van der Waals surface area contributed by atoms with Crippen LogP contribution in [-0.4, -0.2) is 11.2 Å². The van der Waals surface area contributed by atoms with Gasteiger partial charge in [0.25, 0.3) is 0 Å². The van der Waals surface area contributed by atoms with Gasteiger partial charge in [0.15, 0.2) is 0 Å². The molecule has 0 bridgehead atoms. The van der Waals surface area contributed by atoms with E-state index in [2.05, 4.69) is 12.2 Å². The summed E-state index contributed by atoms with van der Waals surface area (Å²) in [5.74, 6) is 0. The largest absolute Gasteiger partial charge is 0.384 e. The van der Waals surface area contributed by atoms with Gasteiger partial charge in [0.05, 0.1) is 6.10 Å². The van der Waals surface area contributed by atoms with Crippen LogP contribution in [0.2, 0.25) is 0 Å². The van der Waals surface area contributed by atoms with Gasteiger partial charge in [-0.15, -0.1) is 12.4 Å². The molecule has 0 saturated heterocycles. The van der Waals surface area contributed by atoms with Gasteiger partial charge in [0, 0.05) is 21.7 Å². The summed E-state index contributed by atoms with van der Waals surface area (Å²) in [7, 11) is 0. The van der Waals surface area contributed by atoms with E-state index < -0.39 is 0 Å². The number of aliphatic hydroxyl groups excluding tert-OH is 1. The summed E-state index contributed by atoms with van der Waals surface area (Å²) in [4.78, 5) is 0. The zero-order valence-corrected chi connectivity index (χ0v) is 10.2. The van der Waals surface area contributed by atoms with Gasteiger partial charge < -0.3 is 5.11 Å². The summed E-state index contributed by atoms with van der Waals surface area (Å²) in [6, 6.07) is 0. The van der Waals surface area contributed by atoms with Crippen molar-refractivity contribution in [3.05, 3.63) is 47.6 Å². The van der Waals surface area contributed by atoms with Crippen LogP contribution in [0.1, 0.15) is 12.8 Å². The molecule has 3 heteroatoms. The van der Waals surface area contributed by atoms with Gasteiger partial charge in [-0.25, -0.2) is 0 Å². The molecule has 2 aliphatic rings. The molecule has 0 aromatic rings. The number of rotatable bonds is 2. The Bertz CT molecular complexity index is 272. The molecule has 2 rings (SSSR count). The first-order chi connectivity index (χ1) is 5.88. The number of allylic oxidation sites excluding steroid dienone is 6. The van der Waals surface area contributed by atoms with E-state index in [0.717, 1.165) is 24.0 Å². The van der Waals surface area contributed by atoms with Gasteiger partial charge in [0.2, 0.25) is 0 Å². The molecule has 14 heavy (non-hydrogen) atoms. The average Bonchev–Trinajstić information content (AvgIpc) is 2.77. The van der Waals surface area contributed by atoms with Crippen LogP contribution in [0, 0.1) is 0 Å². The molecule has 1 nitrogen and oxygen atoms in total. The maximum atomic E-state index is 9.83. The predicted octanol–water partition coefficient (Wildman–Crippen LogP) is 2.54. The van der Waals surface area contributed by atoms with Gasteiger partial charge in [-0.2, -0.15) is 0 Å². The quantitative estimate of drug-likeness (QED) is 0.740. The summed E-state index contributed by atoms with van der Waals surface area (Å²) < 4.78 is 0. The number of aliphatic hydroxyl groups is 1. The van der Waals surface area contributed by atoms with Crippen LogP contribution in [-0.2, 0) is 21.7 Å². The maximum Gasteiger partial charge on any atom is 0.0973 e. The Kier molecular flexibility index (Phi) is 6.38. The molecule has 0 fully saturated rings. The Hall–Kier alpha value is -0.0757. The molecule has 0 unspecified atom stereocenters. The third kappa shape index (κ3) is 2.96. The number of hydrogen-bond acceptors (Lipinski definition) is 1. The van der Waals surface area contributed by atoms with Gasteiger partial charge >= 0.3 is 0 Å². The normalized spacial score (nSPS) is 17.6. The van der Waals surface area contributed by atoms with E-state index in [4.69, 9.17) is 0 Å². The molecule has 0 amide bonds. The van der Waals surface area contributed by atoms with E-state index >= 15 is 0 Å². The number of halogens is 1. The molecule has 0 radical (unpaired) electrons. The second kappa shape index (κ2) is 6.42. The van der Waals surface area contributed by atoms with Crippen molar-refractivity contribution in [2.75, 3.05) is 0 Å². The molecular weight excluding hydrogens is 231 g/mol. The molecule has 2 aliphatic carbocycles. The molecule has 0 atom stereocenters. The first kappa shape index (κ1) is 13.9. The van der Waals surface area contributed by atoms with Crippen LogP contribution in [0.4, 0.5) is 0 Å². The smallest absolute Gasteiger partial charge is 0.0973 e. The topological polar surface area (TPSA) is 20.2 Å². The van der Waals surface area contributed by atoms with Crippen molar-refractivity contribution in [3.8, 4) is 0 Å². The van der Waals surface area contributed by atoms with Crippen LogP contribution in [0.5, 0.6) is 0 Å². The molecule has 74 valence electrons.